The minimum absolute atomic E-state index is 0.214. The normalized spacial score (nSPS) is 9.76. The summed E-state index contributed by atoms with van der Waals surface area (Å²) in [5.74, 6) is -2.51. The van der Waals surface area contributed by atoms with Gasteiger partial charge >= 0.3 is 0 Å². The number of amides is 2. The quantitative estimate of drug-likeness (QED) is 0.762. The lowest BCUT2D eigenvalue weighted by molar-refractivity contribution is -0.124. The highest BCUT2D eigenvalue weighted by Crippen LogP contribution is 2.14. The van der Waals surface area contributed by atoms with Crippen molar-refractivity contribution in [2.45, 2.75) is 13.3 Å². The van der Waals surface area contributed by atoms with E-state index in [1.165, 1.54) is 13.0 Å². The van der Waals surface area contributed by atoms with Crippen molar-refractivity contribution in [1.82, 2.24) is 0 Å². The summed E-state index contributed by atoms with van der Waals surface area (Å²) in [6, 6.07) is 3.42. The van der Waals surface area contributed by atoms with E-state index in [9.17, 15) is 18.8 Å². The number of ketones is 1. The molecule has 0 fully saturated rings. The number of hydrogen-bond acceptors (Lipinski definition) is 3. The number of primary amides is 1. The molecule has 0 aliphatic heterocycles. The number of Topliss-reactive ketones (excluding diaryl/α,β-unsaturated/α-hetero) is 1. The van der Waals surface area contributed by atoms with Gasteiger partial charge in [0.25, 0.3) is 5.91 Å². The van der Waals surface area contributed by atoms with Crippen molar-refractivity contribution < 1.29 is 18.8 Å². The van der Waals surface area contributed by atoms with Gasteiger partial charge in [0, 0.05) is 5.69 Å². The fourth-order valence-electron chi connectivity index (χ4n) is 1.22. The van der Waals surface area contributed by atoms with Crippen LogP contribution in [0.15, 0.2) is 18.2 Å². The van der Waals surface area contributed by atoms with Crippen LogP contribution in [-0.4, -0.2) is 17.6 Å². The molecule has 0 aliphatic rings. The highest BCUT2D eigenvalue weighted by atomic mass is 19.1. The molecule has 0 unspecified atom stereocenters. The highest BCUT2D eigenvalue weighted by molar-refractivity contribution is 6.04. The Kier molecular flexibility index (Phi) is 3.92. The summed E-state index contributed by atoms with van der Waals surface area (Å²) < 4.78 is 13.1. The van der Waals surface area contributed by atoms with Gasteiger partial charge < -0.3 is 11.1 Å². The van der Waals surface area contributed by atoms with Crippen molar-refractivity contribution >= 4 is 23.3 Å². The Morgan fingerprint density at radius 1 is 1.35 bits per heavy atom. The summed E-state index contributed by atoms with van der Waals surface area (Å²) in [5.41, 5.74) is 4.85. The lowest BCUT2D eigenvalue weighted by Crippen LogP contribution is -2.17. The van der Waals surface area contributed by atoms with Gasteiger partial charge in [0.1, 0.15) is 11.6 Å². The van der Waals surface area contributed by atoms with Crippen LogP contribution in [-0.2, 0) is 9.59 Å². The van der Waals surface area contributed by atoms with Crippen molar-refractivity contribution in [3.63, 3.8) is 0 Å². The number of rotatable bonds is 4. The van der Waals surface area contributed by atoms with Crippen LogP contribution in [0, 0.1) is 5.82 Å². The highest BCUT2D eigenvalue weighted by Gasteiger charge is 2.11. The molecule has 17 heavy (non-hydrogen) atoms. The molecule has 0 radical (unpaired) electrons. The number of carbonyl (C=O) groups excluding carboxylic acids is 3. The van der Waals surface area contributed by atoms with Crippen LogP contribution in [0.3, 0.4) is 0 Å². The predicted octanol–water partition coefficient (Wildman–Crippen LogP) is 0.842. The van der Waals surface area contributed by atoms with E-state index in [1.807, 2.05) is 0 Å². The molecule has 1 rings (SSSR count). The molecule has 5 nitrogen and oxygen atoms in total. The van der Waals surface area contributed by atoms with Gasteiger partial charge in [-0.05, 0) is 25.1 Å². The van der Waals surface area contributed by atoms with Gasteiger partial charge in [0.2, 0.25) is 5.91 Å². The van der Waals surface area contributed by atoms with Gasteiger partial charge in [-0.1, -0.05) is 0 Å². The fraction of sp³-hybridized carbons (Fsp3) is 0.182. The predicted molar refractivity (Wildman–Crippen MR) is 58.8 cm³/mol. The first-order chi connectivity index (χ1) is 7.90. The maximum absolute atomic E-state index is 13.1. The van der Waals surface area contributed by atoms with Gasteiger partial charge in [-0.25, -0.2) is 4.39 Å². The first-order valence-corrected chi connectivity index (χ1v) is 4.79. The second-order valence-corrected chi connectivity index (χ2v) is 3.49. The van der Waals surface area contributed by atoms with Gasteiger partial charge in [-0.2, -0.15) is 0 Å². The fourth-order valence-corrected chi connectivity index (χ4v) is 1.22. The largest absolute Gasteiger partial charge is 0.366 e. The van der Waals surface area contributed by atoms with E-state index in [4.69, 9.17) is 5.73 Å². The Balaban J connectivity index is 2.86. The van der Waals surface area contributed by atoms with Gasteiger partial charge in [-0.3, -0.25) is 14.4 Å². The number of halogens is 1. The minimum atomic E-state index is -0.926. The van der Waals surface area contributed by atoms with Crippen molar-refractivity contribution in [2.75, 3.05) is 5.32 Å². The van der Waals surface area contributed by atoms with Crippen LogP contribution in [0.2, 0.25) is 0 Å². The molecule has 0 aliphatic carbocycles. The van der Waals surface area contributed by atoms with E-state index in [-0.39, 0.29) is 23.5 Å². The molecule has 0 heterocycles. The van der Waals surface area contributed by atoms with Crippen molar-refractivity contribution in [2.24, 2.45) is 5.73 Å². The minimum Gasteiger partial charge on any atom is -0.366 e. The Bertz CT molecular complexity index is 486. The summed E-state index contributed by atoms with van der Waals surface area (Å²) in [6.45, 7) is 1.28. The molecule has 3 N–H and O–H groups in total. The number of nitrogens with two attached hydrogens (primary N) is 1. The third-order valence-electron chi connectivity index (χ3n) is 1.93. The first-order valence-electron chi connectivity index (χ1n) is 4.79. The van der Waals surface area contributed by atoms with Crippen LogP contribution in [0.5, 0.6) is 0 Å². The summed E-state index contributed by atoms with van der Waals surface area (Å²) >= 11 is 0. The van der Waals surface area contributed by atoms with Gasteiger partial charge in [-0.15, -0.1) is 0 Å². The Morgan fingerprint density at radius 2 is 2.00 bits per heavy atom. The Hall–Kier alpha value is -2.24. The summed E-state index contributed by atoms with van der Waals surface area (Å²) in [7, 11) is 0. The zero-order valence-electron chi connectivity index (χ0n) is 9.12. The zero-order valence-corrected chi connectivity index (χ0v) is 9.12. The van der Waals surface area contributed by atoms with Crippen LogP contribution >= 0.6 is 0 Å². The second kappa shape index (κ2) is 5.20. The van der Waals surface area contributed by atoms with E-state index in [0.29, 0.717) is 0 Å². The molecule has 90 valence electrons. The third kappa shape index (κ3) is 3.67. The molecular formula is C11H11FN2O3. The second-order valence-electron chi connectivity index (χ2n) is 3.49. The molecule has 0 atom stereocenters. The summed E-state index contributed by atoms with van der Waals surface area (Å²) in [6.07, 6.45) is -0.275. The van der Waals surface area contributed by atoms with E-state index >= 15 is 0 Å². The smallest absolute Gasteiger partial charge is 0.251 e. The van der Waals surface area contributed by atoms with Crippen LogP contribution in [0.4, 0.5) is 10.1 Å². The summed E-state index contributed by atoms with van der Waals surface area (Å²) in [4.78, 5) is 32.8. The van der Waals surface area contributed by atoms with Crippen LogP contribution < -0.4 is 11.1 Å². The standard InChI is InChI=1S/C11H11FN2O3/c1-6(15)4-10(16)14-7-2-3-9(12)8(5-7)11(13)17/h2-3,5H,4H2,1H3,(H2,13,17)(H,14,16). The third-order valence-corrected chi connectivity index (χ3v) is 1.93. The topological polar surface area (TPSA) is 89.3 Å². The molecule has 0 spiro atoms. The van der Waals surface area contributed by atoms with Gasteiger partial charge in [0.15, 0.2) is 0 Å². The lowest BCUT2D eigenvalue weighted by atomic mass is 10.1. The Labute approximate surface area is 96.8 Å². The summed E-state index contributed by atoms with van der Waals surface area (Å²) in [5, 5.41) is 2.36. The monoisotopic (exact) mass is 238 g/mol. The van der Waals surface area contributed by atoms with Crippen LogP contribution in [0.1, 0.15) is 23.7 Å². The van der Waals surface area contributed by atoms with E-state index < -0.39 is 17.6 Å². The van der Waals surface area contributed by atoms with Crippen molar-refractivity contribution in [3.05, 3.63) is 29.6 Å². The maximum Gasteiger partial charge on any atom is 0.251 e. The molecular weight excluding hydrogens is 227 g/mol. The SMILES string of the molecule is CC(=O)CC(=O)Nc1ccc(F)c(C(N)=O)c1. The number of carbonyl (C=O) groups is 3. The van der Waals surface area contributed by atoms with E-state index in [2.05, 4.69) is 5.32 Å². The average Bonchev–Trinajstić information content (AvgIpc) is 2.19. The molecule has 0 saturated carbocycles. The zero-order chi connectivity index (χ0) is 13.0. The molecule has 1 aromatic rings. The average molecular weight is 238 g/mol. The molecule has 2 amide bonds. The van der Waals surface area contributed by atoms with Crippen molar-refractivity contribution in [3.8, 4) is 0 Å². The number of hydrogen-bond donors (Lipinski definition) is 2. The van der Waals surface area contributed by atoms with Crippen molar-refractivity contribution in [1.29, 1.82) is 0 Å². The number of benzene rings is 1. The maximum atomic E-state index is 13.1. The first kappa shape index (κ1) is 12.8. The van der Waals surface area contributed by atoms with Gasteiger partial charge in [0.05, 0.1) is 12.0 Å². The Morgan fingerprint density at radius 3 is 2.53 bits per heavy atom. The van der Waals surface area contributed by atoms with E-state index in [1.54, 1.807) is 0 Å². The molecule has 0 saturated heterocycles. The number of anilines is 1. The molecule has 6 heteroatoms. The molecule has 0 aromatic heterocycles. The van der Waals surface area contributed by atoms with Crippen LogP contribution in [0.25, 0.3) is 0 Å². The molecule has 1 aromatic carbocycles. The van der Waals surface area contributed by atoms with E-state index in [0.717, 1.165) is 12.1 Å². The lowest BCUT2D eigenvalue weighted by Gasteiger charge is -2.05. The number of nitrogens with one attached hydrogen (secondary N) is 1. The molecule has 0 bridgehead atoms.